The average Bonchev–Trinajstić information content (AvgIpc) is 3.21. The van der Waals surface area contributed by atoms with Crippen molar-refractivity contribution in [3.63, 3.8) is 0 Å². The van der Waals surface area contributed by atoms with Crippen molar-refractivity contribution in [2.45, 2.75) is 32.2 Å². The number of amides is 2. The summed E-state index contributed by atoms with van der Waals surface area (Å²) >= 11 is 0. The lowest BCUT2D eigenvalue weighted by atomic mass is 10.0. The highest BCUT2D eigenvalue weighted by Crippen LogP contribution is 2.34. The number of nitrogens with two attached hydrogens (primary N) is 1. The number of aromatic nitrogens is 4. The normalized spacial score (nSPS) is 15.5. The summed E-state index contributed by atoms with van der Waals surface area (Å²) in [5.74, 6) is 5.80. The molecule has 1 saturated heterocycles. The van der Waals surface area contributed by atoms with Gasteiger partial charge in [0.05, 0.1) is 12.6 Å². The van der Waals surface area contributed by atoms with Crippen LogP contribution in [0, 0.1) is 0 Å². The summed E-state index contributed by atoms with van der Waals surface area (Å²) in [6, 6.07) is 9.11. The molecule has 0 aliphatic carbocycles. The number of imidazole rings is 1. The van der Waals surface area contributed by atoms with Gasteiger partial charge in [-0.3, -0.25) is 9.69 Å². The number of anilines is 1. The highest BCUT2D eigenvalue weighted by atomic mass is 16.5. The number of piperidine rings is 1. The van der Waals surface area contributed by atoms with E-state index in [1.807, 2.05) is 0 Å². The van der Waals surface area contributed by atoms with Crippen LogP contribution in [-0.4, -0.2) is 61.0 Å². The Bertz CT molecular complexity index is 1230. The number of rotatable bonds is 6. The smallest absolute Gasteiger partial charge is 0.407 e. The molecule has 0 saturated carbocycles. The van der Waals surface area contributed by atoms with E-state index in [1.54, 1.807) is 43.3 Å². The highest BCUT2D eigenvalue weighted by molar-refractivity contribution is 6.04. The zero-order valence-corrected chi connectivity index (χ0v) is 19.0. The average molecular weight is 479 g/mol. The number of nitrogen functional groups attached to an aromatic ring is 1. The molecule has 3 heterocycles. The molecule has 35 heavy (non-hydrogen) atoms. The third-order valence-electron chi connectivity index (χ3n) is 5.69. The summed E-state index contributed by atoms with van der Waals surface area (Å²) in [5, 5.41) is 19.8. The van der Waals surface area contributed by atoms with Crippen molar-refractivity contribution >= 4 is 23.8 Å². The molecular formula is C23H25N7O5. The summed E-state index contributed by atoms with van der Waals surface area (Å²) < 4.78 is 6.31. The fourth-order valence-corrected chi connectivity index (χ4v) is 4.05. The molecule has 12 heteroatoms. The number of nitrogens with one attached hydrogen (secondary N) is 1. The molecule has 0 bridgehead atoms. The number of likely N-dealkylation sites (tertiary alicyclic amines) is 1. The molecule has 12 nitrogen and oxygen atoms in total. The molecule has 3 aromatic rings. The first kappa shape index (κ1) is 23.7. The van der Waals surface area contributed by atoms with E-state index >= 15 is 0 Å². The molecule has 0 spiro atoms. The first-order valence-corrected chi connectivity index (χ1v) is 11.1. The Morgan fingerprint density at radius 3 is 2.63 bits per heavy atom. The number of esters is 1. The van der Waals surface area contributed by atoms with E-state index in [2.05, 4.69) is 20.5 Å². The molecule has 182 valence electrons. The first-order valence-electron chi connectivity index (χ1n) is 11.1. The lowest BCUT2D eigenvalue weighted by Gasteiger charge is -2.32. The zero-order chi connectivity index (χ0) is 24.9. The van der Waals surface area contributed by atoms with Gasteiger partial charge in [0.1, 0.15) is 5.69 Å². The maximum atomic E-state index is 12.8. The summed E-state index contributed by atoms with van der Waals surface area (Å²) in [6.07, 6.45) is 2.50. The summed E-state index contributed by atoms with van der Waals surface area (Å²) in [5.41, 5.74) is 1.13. The van der Waals surface area contributed by atoms with Gasteiger partial charge in [-0.2, -0.15) is 5.10 Å². The van der Waals surface area contributed by atoms with E-state index in [9.17, 15) is 19.5 Å². The van der Waals surface area contributed by atoms with Crippen molar-refractivity contribution in [1.82, 2.24) is 24.8 Å². The van der Waals surface area contributed by atoms with Crippen LogP contribution < -0.4 is 11.2 Å². The SMILES string of the molecule is CCOC(=O)c1c(-c2ccc(C(=O)Nc3cccnn3)cc2)nc(C2CCCCN2C(=O)O)n1N. The Hall–Kier alpha value is -4.48. The first-order chi connectivity index (χ1) is 16.9. The van der Waals surface area contributed by atoms with Crippen LogP contribution in [0.4, 0.5) is 10.6 Å². The summed E-state index contributed by atoms with van der Waals surface area (Å²) in [4.78, 5) is 43.0. The van der Waals surface area contributed by atoms with Gasteiger partial charge in [0.15, 0.2) is 17.3 Å². The van der Waals surface area contributed by atoms with Gasteiger partial charge in [-0.1, -0.05) is 12.1 Å². The molecular weight excluding hydrogens is 454 g/mol. The van der Waals surface area contributed by atoms with Gasteiger partial charge in [-0.15, -0.1) is 5.10 Å². The molecule has 1 unspecified atom stereocenters. The molecule has 1 fully saturated rings. The number of carboxylic acid groups (broad SMARTS) is 1. The molecule has 0 radical (unpaired) electrons. The van der Waals surface area contributed by atoms with E-state index in [-0.39, 0.29) is 29.7 Å². The van der Waals surface area contributed by atoms with Crippen LogP contribution in [0.2, 0.25) is 0 Å². The zero-order valence-electron chi connectivity index (χ0n) is 19.0. The standard InChI is InChI=1S/C23H25N7O5/c1-2-35-22(32)19-18(27-20(30(19)24)16-6-3-4-13-29(16)23(33)34)14-8-10-15(11-9-14)21(31)26-17-7-5-12-25-28-17/h5,7-12,16H,2-4,6,13,24H2,1H3,(H,33,34)(H,26,28,31). The number of carbonyl (C=O) groups is 3. The van der Waals surface area contributed by atoms with E-state index in [4.69, 9.17) is 10.6 Å². The van der Waals surface area contributed by atoms with Crippen LogP contribution in [0.25, 0.3) is 11.3 Å². The molecule has 1 aliphatic rings. The van der Waals surface area contributed by atoms with Gasteiger partial charge in [0, 0.05) is 23.9 Å². The lowest BCUT2D eigenvalue weighted by Crippen LogP contribution is -2.39. The van der Waals surface area contributed by atoms with Crippen LogP contribution >= 0.6 is 0 Å². The largest absolute Gasteiger partial charge is 0.465 e. The molecule has 4 N–H and O–H groups in total. The van der Waals surface area contributed by atoms with E-state index in [0.29, 0.717) is 29.9 Å². The topological polar surface area (TPSA) is 166 Å². The van der Waals surface area contributed by atoms with Crippen molar-refractivity contribution in [2.75, 3.05) is 24.3 Å². The van der Waals surface area contributed by atoms with Crippen LogP contribution in [0.15, 0.2) is 42.6 Å². The number of nitrogens with zero attached hydrogens (tertiary/aromatic N) is 5. The van der Waals surface area contributed by atoms with Gasteiger partial charge in [-0.05, 0) is 50.5 Å². The maximum Gasteiger partial charge on any atom is 0.407 e. The molecule has 2 aromatic heterocycles. The maximum absolute atomic E-state index is 12.8. The van der Waals surface area contributed by atoms with E-state index in [0.717, 1.165) is 17.5 Å². The third kappa shape index (κ3) is 4.90. The van der Waals surface area contributed by atoms with Gasteiger partial charge < -0.3 is 21.0 Å². The fourth-order valence-electron chi connectivity index (χ4n) is 4.05. The number of carbonyl (C=O) groups excluding carboxylic acids is 2. The molecule has 4 rings (SSSR count). The van der Waals surface area contributed by atoms with Crippen molar-refractivity contribution in [3.8, 4) is 11.3 Å². The lowest BCUT2D eigenvalue weighted by molar-refractivity contribution is 0.0516. The van der Waals surface area contributed by atoms with Crippen molar-refractivity contribution < 1.29 is 24.2 Å². The monoisotopic (exact) mass is 479 g/mol. The minimum atomic E-state index is -1.07. The predicted octanol–water partition coefficient (Wildman–Crippen LogP) is 2.69. The van der Waals surface area contributed by atoms with Gasteiger partial charge in [-0.25, -0.2) is 19.2 Å². The van der Waals surface area contributed by atoms with Gasteiger partial charge >= 0.3 is 12.1 Å². The second kappa shape index (κ2) is 10.2. The second-order valence-electron chi connectivity index (χ2n) is 7.89. The van der Waals surface area contributed by atoms with Crippen molar-refractivity contribution in [2.24, 2.45) is 0 Å². The van der Waals surface area contributed by atoms with Crippen molar-refractivity contribution in [1.29, 1.82) is 0 Å². The number of hydrogen-bond acceptors (Lipinski definition) is 8. The van der Waals surface area contributed by atoms with E-state index in [1.165, 1.54) is 11.1 Å². The van der Waals surface area contributed by atoms with Crippen LogP contribution in [0.3, 0.4) is 0 Å². The predicted molar refractivity (Wildman–Crippen MR) is 125 cm³/mol. The van der Waals surface area contributed by atoms with E-state index < -0.39 is 18.1 Å². The molecule has 2 amide bonds. The summed E-state index contributed by atoms with van der Waals surface area (Å²) in [7, 11) is 0. The summed E-state index contributed by atoms with van der Waals surface area (Å²) in [6.45, 7) is 2.16. The Morgan fingerprint density at radius 1 is 1.20 bits per heavy atom. The molecule has 1 aromatic carbocycles. The highest BCUT2D eigenvalue weighted by Gasteiger charge is 2.34. The Balaban J connectivity index is 1.69. The van der Waals surface area contributed by atoms with Crippen LogP contribution in [0.5, 0.6) is 0 Å². The number of benzene rings is 1. The minimum Gasteiger partial charge on any atom is -0.465 e. The van der Waals surface area contributed by atoms with Crippen molar-refractivity contribution in [3.05, 3.63) is 59.7 Å². The van der Waals surface area contributed by atoms with Gasteiger partial charge in [0.2, 0.25) is 0 Å². The Kier molecular flexibility index (Phi) is 6.90. The number of hydrogen-bond donors (Lipinski definition) is 3. The number of ether oxygens (including phenoxy) is 1. The van der Waals surface area contributed by atoms with Gasteiger partial charge in [0.25, 0.3) is 5.91 Å². The quantitative estimate of drug-likeness (QED) is 0.356. The molecule has 1 aliphatic heterocycles. The Morgan fingerprint density at radius 2 is 1.97 bits per heavy atom. The minimum absolute atomic E-state index is 0.00882. The Labute approximate surface area is 200 Å². The second-order valence-corrected chi connectivity index (χ2v) is 7.89. The molecule has 1 atom stereocenters. The fraction of sp³-hybridized carbons (Fsp3) is 0.304. The van der Waals surface area contributed by atoms with Crippen LogP contribution in [0.1, 0.15) is 58.9 Å². The van der Waals surface area contributed by atoms with Crippen LogP contribution in [-0.2, 0) is 4.74 Å². The third-order valence-corrected chi connectivity index (χ3v) is 5.69.